The van der Waals surface area contributed by atoms with Crippen LogP contribution >= 0.6 is 0 Å². The zero-order chi connectivity index (χ0) is 19.3. The molecule has 0 aliphatic carbocycles. The van der Waals surface area contributed by atoms with Gasteiger partial charge in [-0.05, 0) is 45.0 Å². The number of carbonyl (C=O) groups is 1. The van der Waals surface area contributed by atoms with Crippen molar-refractivity contribution in [1.29, 1.82) is 0 Å². The molecular weight excluding hydrogens is 370 g/mol. The van der Waals surface area contributed by atoms with Gasteiger partial charge < -0.3 is 20.1 Å². The second-order valence-corrected chi connectivity index (χ2v) is 8.67. The van der Waals surface area contributed by atoms with Gasteiger partial charge in [0.05, 0.1) is 4.90 Å². The number of ether oxygens (including phenoxy) is 2. The van der Waals surface area contributed by atoms with Crippen molar-refractivity contribution < 1.29 is 22.7 Å². The fourth-order valence-corrected chi connectivity index (χ4v) is 4.80. The van der Waals surface area contributed by atoms with Crippen LogP contribution in [0.2, 0.25) is 0 Å². The molecule has 0 bridgehead atoms. The van der Waals surface area contributed by atoms with Gasteiger partial charge in [-0.2, -0.15) is 4.31 Å². The zero-order valence-corrected chi connectivity index (χ0v) is 16.4. The fraction of sp³-hybridized carbons (Fsp3) is 0.611. The van der Waals surface area contributed by atoms with Gasteiger partial charge in [-0.1, -0.05) is 0 Å². The lowest BCUT2D eigenvalue weighted by molar-refractivity contribution is -0.126. The Balaban J connectivity index is 1.57. The molecule has 0 saturated carbocycles. The normalized spacial score (nSPS) is 18.3. The van der Waals surface area contributed by atoms with Crippen LogP contribution in [0, 0.1) is 5.92 Å². The minimum Gasteiger partial charge on any atom is -0.486 e. The van der Waals surface area contributed by atoms with Gasteiger partial charge in [0.2, 0.25) is 15.9 Å². The number of carbonyl (C=O) groups excluding carboxylic acids is 1. The summed E-state index contributed by atoms with van der Waals surface area (Å²) in [7, 11) is -1.74. The molecule has 1 fully saturated rings. The summed E-state index contributed by atoms with van der Waals surface area (Å²) in [6.07, 6.45) is 1.93. The molecule has 150 valence electrons. The number of sulfonamides is 1. The van der Waals surface area contributed by atoms with Crippen molar-refractivity contribution in [3.05, 3.63) is 18.2 Å². The molecule has 0 radical (unpaired) electrons. The smallest absolute Gasteiger partial charge is 0.243 e. The van der Waals surface area contributed by atoms with Crippen molar-refractivity contribution in [2.24, 2.45) is 5.92 Å². The number of hydrogen-bond donors (Lipinski definition) is 2. The number of fused-ring (bicyclic) bond motifs is 1. The number of rotatable bonds is 7. The van der Waals surface area contributed by atoms with E-state index >= 15 is 0 Å². The van der Waals surface area contributed by atoms with Crippen molar-refractivity contribution in [3.8, 4) is 11.5 Å². The number of piperidine rings is 1. The number of benzene rings is 1. The molecule has 1 saturated heterocycles. The Morgan fingerprint density at radius 1 is 1.15 bits per heavy atom. The van der Waals surface area contributed by atoms with Crippen LogP contribution in [-0.4, -0.2) is 65.1 Å². The van der Waals surface area contributed by atoms with Crippen LogP contribution in [0.15, 0.2) is 23.1 Å². The Kier molecular flexibility index (Phi) is 6.56. The minimum atomic E-state index is -3.61. The van der Waals surface area contributed by atoms with E-state index in [0.717, 1.165) is 13.0 Å². The van der Waals surface area contributed by atoms with E-state index in [1.54, 1.807) is 12.1 Å². The highest BCUT2D eigenvalue weighted by Gasteiger charge is 2.32. The van der Waals surface area contributed by atoms with Crippen LogP contribution in [-0.2, 0) is 14.8 Å². The number of nitrogens with zero attached hydrogens (tertiary/aromatic N) is 1. The lowest BCUT2D eigenvalue weighted by Crippen LogP contribution is -2.43. The molecule has 2 aliphatic heterocycles. The summed E-state index contributed by atoms with van der Waals surface area (Å²) in [4.78, 5) is 12.4. The van der Waals surface area contributed by atoms with Gasteiger partial charge in [-0.25, -0.2) is 8.42 Å². The van der Waals surface area contributed by atoms with E-state index in [1.807, 2.05) is 7.05 Å². The van der Waals surface area contributed by atoms with Crippen molar-refractivity contribution in [3.63, 3.8) is 0 Å². The van der Waals surface area contributed by atoms with Crippen molar-refractivity contribution in [2.45, 2.75) is 24.2 Å². The molecule has 0 unspecified atom stereocenters. The van der Waals surface area contributed by atoms with Crippen LogP contribution in [0.25, 0.3) is 0 Å². The first-order chi connectivity index (χ1) is 13.0. The molecule has 2 aliphatic rings. The Morgan fingerprint density at radius 2 is 1.85 bits per heavy atom. The maximum absolute atomic E-state index is 12.9. The lowest BCUT2D eigenvalue weighted by Gasteiger charge is -2.30. The first-order valence-corrected chi connectivity index (χ1v) is 10.8. The molecule has 27 heavy (non-hydrogen) atoms. The SMILES string of the molecule is CNCCCNC(=O)C1CCN(S(=O)(=O)c2ccc3c(c2)OCCO3)CC1. The van der Waals surface area contributed by atoms with Crippen molar-refractivity contribution in [2.75, 3.05) is 46.4 Å². The van der Waals surface area contributed by atoms with E-state index in [1.165, 1.54) is 10.4 Å². The van der Waals surface area contributed by atoms with Gasteiger partial charge in [0.1, 0.15) is 13.2 Å². The third kappa shape index (κ3) is 4.72. The van der Waals surface area contributed by atoms with Crippen molar-refractivity contribution >= 4 is 15.9 Å². The molecule has 0 spiro atoms. The fourth-order valence-electron chi connectivity index (χ4n) is 3.31. The Bertz CT molecular complexity index is 760. The molecule has 0 aromatic heterocycles. The van der Waals surface area contributed by atoms with E-state index in [4.69, 9.17) is 9.47 Å². The van der Waals surface area contributed by atoms with Gasteiger partial charge in [-0.15, -0.1) is 0 Å². The lowest BCUT2D eigenvalue weighted by atomic mass is 9.97. The highest BCUT2D eigenvalue weighted by atomic mass is 32.2. The summed E-state index contributed by atoms with van der Waals surface area (Å²) >= 11 is 0. The third-order valence-electron chi connectivity index (χ3n) is 4.88. The van der Waals surface area contributed by atoms with E-state index < -0.39 is 10.0 Å². The maximum Gasteiger partial charge on any atom is 0.243 e. The molecule has 0 atom stereocenters. The molecule has 1 aromatic carbocycles. The van der Waals surface area contributed by atoms with Crippen LogP contribution < -0.4 is 20.1 Å². The maximum atomic E-state index is 12.9. The van der Waals surface area contributed by atoms with E-state index in [9.17, 15) is 13.2 Å². The van der Waals surface area contributed by atoms with Crippen LogP contribution in [0.3, 0.4) is 0 Å². The average Bonchev–Trinajstić information content (AvgIpc) is 2.70. The summed E-state index contributed by atoms with van der Waals surface area (Å²) in [6.45, 7) is 3.04. The highest BCUT2D eigenvalue weighted by molar-refractivity contribution is 7.89. The largest absolute Gasteiger partial charge is 0.486 e. The number of hydrogen-bond acceptors (Lipinski definition) is 6. The molecule has 8 nitrogen and oxygen atoms in total. The molecular formula is C18H27N3O5S. The molecule has 1 amide bonds. The standard InChI is InChI=1S/C18H27N3O5S/c1-19-7-2-8-20-18(22)14-5-9-21(10-6-14)27(23,24)15-3-4-16-17(13-15)26-12-11-25-16/h3-4,13-14,19H,2,5-12H2,1H3,(H,20,22). The quantitative estimate of drug-likeness (QED) is 0.654. The van der Waals surface area contributed by atoms with Gasteiger partial charge in [0.15, 0.2) is 11.5 Å². The van der Waals surface area contributed by atoms with Crippen LogP contribution in [0.4, 0.5) is 0 Å². The number of nitrogens with one attached hydrogen (secondary N) is 2. The highest BCUT2D eigenvalue weighted by Crippen LogP contribution is 2.34. The van der Waals surface area contributed by atoms with Gasteiger partial charge in [0, 0.05) is 31.6 Å². The molecule has 3 rings (SSSR count). The Hall–Kier alpha value is -1.84. The van der Waals surface area contributed by atoms with Crippen LogP contribution in [0.5, 0.6) is 11.5 Å². The van der Waals surface area contributed by atoms with Gasteiger partial charge in [-0.3, -0.25) is 4.79 Å². The van der Waals surface area contributed by atoms with Crippen LogP contribution in [0.1, 0.15) is 19.3 Å². The average molecular weight is 397 g/mol. The van der Waals surface area contributed by atoms with E-state index in [0.29, 0.717) is 57.2 Å². The second-order valence-electron chi connectivity index (χ2n) is 6.73. The first-order valence-electron chi connectivity index (χ1n) is 9.34. The molecule has 2 N–H and O–H groups in total. The van der Waals surface area contributed by atoms with Crippen molar-refractivity contribution in [1.82, 2.24) is 14.9 Å². The summed E-state index contributed by atoms with van der Waals surface area (Å²) in [5.74, 6) is 0.904. The molecule has 9 heteroatoms. The molecule has 1 aromatic rings. The Labute approximate surface area is 160 Å². The zero-order valence-electron chi connectivity index (χ0n) is 15.6. The van der Waals surface area contributed by atoms with Gasteiger partial charge >= 0.3 is 0 Å². The summed E-state index contributed by atoms with van der Waals surface area (Å²) < 4.78 is 38.2. The predicted octanol–water partition coefficient (Wildman–Crippen LogP) is 0.584. The third-order valence-corrected chi connectivity index (χ3v) is 6.77. The minimum absolute atomic E-state index is 0.0162. The second kappa shape index (κ2) is 8.90. The number of amides is 1. The summed E-state index contributed by atoms with van der Waals surface area (Å²) in [6, 6.07) is 4.69. The first kappa shape index (κ1) is 19.9. The summed E-state index contributed by atoms with van der Waals surface area (Å²) in [5, 5.41) is 5.97. The summed E-state index contributed by atoms with van der Waals surface area (Å²) in [5.41, 5.74) is 0. The van der Waals surface area contributed by atoms with E-state index in [2.05, 4.69) is 10.6 Å². The molecule has 2 heterocycles. The monoisotopic (exact) mass is 397 g/mol. The van der Waals surface area contributed by atoms with Gasteiger partial charge in [0.25, 0.3) is 0 Å². The topological polar surface area (TPSA) is 97.0 Å². The predicted molar refractivity (Wildman–Crippen MR) is 100 cm³/mol. The Morgan fingerprint density at radius 3 is 2.56 bits per heavy atom. The van der Waals surface area contributed by atoms with E-state index in [-0.39, 0.29) is 16.7 Å².